The van der Waals surface area contributed by atoms with Crippen LogP contribution in [0.15, 0.2) is 12.2 Å². The predicted octanol–water partition coefficient (Wildman–Crippen LogP) is 2.42. The molecule has 2 nitrogen and oxygen atoms in total. The maximum atomic E-state index is 3.65. The molecule has 0 aromatic rings. The summed E-state index contributed by atoms with van der Waals surface area (Å²) in [6, 6.07) is 1.50. The van der Waals surface area contributed by atoms with Crippen molar-refractivity contribution in [1.29, 1.82) is 0 Å². The van der Waals surface area contributed by atoms with Crippen LogP contribution in [0, 0.1) is 0 Å². The Morgan fingerprint density at radius 1 is 1.47 bits per heavy atom. The summed E-state index contributed by atoms with van der Waals surface area (Å²) in [5.74, 6) is 0. The van der Waals surface area contributed by atoms with Gasteiger partial charge in [-0.05, 0) is 52.7 Å². The fourth-order valence-electron chi connectivity index (χ4n) is 2.41. The number of hydrogen-bond acceptors (Lipinski definition) is 2. The van der Waals surface area contributed by atoms with Crippen LogP contribution in [0.4, 0.5) is 0 Å². The molecule has 0 amide bonds. The van der Waals surface area contributed by atoms with E-state index in [1.54, 1.807) is 0 Å². The largest absolute Gasteiger partial charge is 0.314 e. The van der Waals surface area contributed by atoms with Crippen LogP contribution in [-0.4, -0.2) is 36.6 Å². The first-order chi connectivity index (χ1) is 7.27. The lowest BCUT2D eigenvalue weighted by Gasteiger charge is -2.37. The first-order valence-corrected chi connectivity index (χ1v) is 6.36. The van der Waals surface area contributed by atoms with Crippen LogP contribution in [-0.2, 0) is 0 Å². The Bertz CT molecular complexity index is 189. The first kappa shape index (κ1) is 12.7. The molecule has 15 heavy (non-hydrogen) atoms. The van der Waals surface area contributed by atoms with E-state index in [1.165, 1.54) is 32.4 Å². The van der Waals surface area contributed by atoms with Crippen molar-refractivity contribution < 1.29 is 0 Å². The summed E-state index contributed by atoms with van der Waals surface area (Å²) in [5, 5.41) is 3.65. The van der Waals surface area contributed by atoms with E-state index >= 15 is 0 Å². The van der Waals surface area contributed by atoms with E-state index in [9.17, 15) is 0 Å². The summed E-state index contributed by atoms with van der Waals surface area (Å²) in [5.41, 5.74) is 0. The van der Waals surface area contributed by atoms with Crippen LogP contribution in [0.25, 0.3) is 0 Å². The van der Waals surface area contributed by atoms with E-state index in [2.05, 4.69) is 43.1 Å². The zero-order chi connectivity index (χ0) is 11.1. The molecule has 0 aromatic carbocycles. The molecule has 2 unspecified atom stereocenters. The minimum Gasteiger partial charge on any atom is -0.314 e. The van der Waals surface area contributed by atoms with Gasteiger partial charge in [-0.25, -0.2) is 0 Å². The number of nitrogens with zero attached hydrogens (tertiary/aromatic N) is 1. The van der Waals surface area contributed by atoms with Crippen LogP contribution in [0.5, 0.6) is 0 Å². The Balaban J connectivity index is 2.17. The van der Waals surface area contributed by atoms with Gasteiger partial charge in [0.1, 0.15) is 0 Å². The summed E-state index contributed by atoms with van der Waals surface area (Å²) in [4.78, 5) is 2.57. The minimum absolute atomic E-state index is 0.744. The van der Waals surface area contributed by atoms with Crippen LogP contribution in [0.1, 0.15) is 40.0 Å². The molecule has 1 aliphatic rings. The van der Waals surface area contributed by atoms with Gasteiger partial charge in [0.15, 0.2) is 0 Å². The molecule has 1 aliphatic heterocycles. The monoisotopic (exact) mass is 210 g/mol. The molecule has 0 saturated carbocycles. The SMILES string of the molecule is C/C=C/CCNC1CCN(CC)C(C)C1. The smallest absolute Gasteiger partial charge is 0.00941 e. The number of likely N-dealkylation sites (tertiary alicyclic amines) is 1. The van der Waals surface area contributed by atoms with Crippen molar-refractivity contribution in [3.8, 4) is 0 Å². The second-order valence-corrected chi connectivity index (χ2v) is 4.51. The normalized spacial score (nSPS) is 28.7. The van der Waals surface area contributed by atoms with Crippen molar-refractivity contribution in [2.75, 3.05) is 19.6 Å². The average molecular weight is 210 g/mol. The Morgan fingerprint density at radius 3 is 2.87 bits per heavy atom. The third kappa shape index (κ3) is 4.35. The zero-order valence-electron chi connectivity index (χ0n) is 10.5. The van der Waals surface area contributed by atoms with Crippen molar-refractivity contribution in [1.82, 2.24) is 10.2 Å². The zero-order valence-corrected chi connectivity index (χ0v) is 10.5. The van der Waals surface area contributed by atoms with Crippen LogP contribution >= 0.6 is 0 Å². The molecular weight excluding hydrogens is 184 g/mol. The highest BCUT2D eigenvalue weighted by Gasteiger charge is 2.23. The first-order valence-electron chi connectivity index (χ1n) is 6.36. The molecule has 0 spiro atoms. The van der Waals surface area contributed by atoms with Gasteiger partial charge in [0.25, 0.3) is 0 Å². The summed E-state index contributed by atoms with van der Waals surface area (Å²) in [6.07, 6.45) is 8.15. The molecule has 88 valence electrons. The van der Waals surface area contributed by atoms with E-state index in [1.807, 2.05) is 0 Å². The molecule has 2 heteroatoms. The molecule has 1 heterocycles. The molecule has 1 rings (SSSR count). The van der Waals surface area contributed by atoms with Crippen molar-refractivity contribution in [3.05, 3.63) is 12.2 Å². The summed E-state index contributed by atoms with van der Waals surface area (Å²) in [7, 11) is 0. The van der Waals surface area contributed by atoms with Crippen molar-refractivity contribution in [3.63, 3.8) is 0 Å². The number of rotatable bonds is 5. The molecule has 0 radical (unpaired) electrons. The van der Waals surface area contributed by atoms with Crippen molar-refractivity contribution in [2.24, 2.45) is 0 Å². The van der Waals surface area contributed by atoms with E-state index in [0.717, 1.165) is 18.6 Å². The highest BCUT2D eigenvalue weighted by atomic mass is 15.2. The van der Waals surface area contributed by atoms with Gasteiger partial charge in [-0.2, -0.15) is 0 Å². The molecule has 1 N–H and O–H groups in total. The number of nitrogens with one attached hydrogen (secondary N) is 1. The van der Waals surface area contributed by atoms with Crippen LogP contribution < -0.4 is 5.32 Å². The lowest BCUT2D eigenvalue weighted by Crippen LogP contribution is -2.47. The van der Waals surface area contributed by atoms with Gasteiger partial charge in [0.2, 0.25) is 0 Å². The predicted molar refractivity (Wildman–Crippen MR) is 67.2 cm³/mol. The molecule has 1 fully saturated rings. The molecule has 0 aromatic heterocycles. The molecule has 0 aliphatic carbocycles. The standard InChI is InChI=1S/C13H26N2/c1-4-6-7-9-14-13-8-10-15(5-2)12(3)11-13/h4,6,12-14H,5,7-11H2,1-3H3/b6-4+. The van der Waals surface area contributed by atoms with E-state index in [0.29, 0.717) is 0 Å². The summed E-state index contributed by atoms with van der Waals surface area (Å²) < 4.78 is 0. The Kier molecular flexibility index (Phi) is 5.96. The average Bonchev–Trinajstić information content (AvgIpc) is 2.25. The summed E-state index contributed by atoms with van der Waals surface area (Å²) >= 11 is 0. The maximum absolute atomic E-state index is 3.65. The van der Waals surface area contributed by atoms with Crippen LogP contribution in [0.3, 0.4) is 0 Å². The highest BCUT2D eigenvalue weighted by molar-refractivity contribution is 4.84. The van der Waals surface area contributed by atoms with Gasteiger partial charge < -0.3 is 10.2 Å². The Hall–Kier alpha value is -0.340. The number of hydrogen-bond donors (Lipinski definition) is 1. The highest BCUT2D eigenvalue weighted by Crippen LogP contribution is 2.16. The molecule has 2 atom stereocenters. The van der Waals surface area contributed by atoms with Gasteiger partial charge in [-0.3, -0.25) is 0 Å². The third-order valence-electron chi connectivity index (χ3n) is 3.40. The van der Waals surface area contributed by atoms with Gasteiger partial charge in [-0.15, -0.1) is 0 Å². The lowest BCUT2D eigenvalue weighted by atomic mass is 9.98. The third-order valence-corrected chi connectivity index (χ3v) is 3.40. The van der Waals surface area contributed by atoms with Crippen molar-refractivity contribution >= 4 is 0 Å². The summed E-state index contributed by atoms with van der Waals surface area (Å²) in [6.45, 7) is 10.3. The van der Waals surface area contributed by atoms with Gasteiger partial charge >= 0.3 is 0 Å². The second-order valence-electron chi connectivity index (χ2n) is 4.51. The van der Waals surface area contributed by atoms with E-state index in [4.69, 9.17) is 0 Å². The van der Waals surface area contributed by atoms with Gasteiger partial charge in [0.05, 0.1) is 0 Å². The maximum Gasteiger partial charge on any atom is 0.00941 e. The van der Waals surface area contributed by atoms with Gasteiger partial charge in [0, 0.05) is 12.1 Å². The van der Waals surface area contributed by atoms with E-state index < -0.39 is 0 Å². The van der Waals surface area contributed by atoms with E-state index in [-0.39, 0.29) is 0 Å². The fourth-order valence-corrected chi connectivity index (χ4v) is 2.41. The Labute approximate surface area is 94.7 Å². The molecule has 0 bridgehead atoms. The van der Waals surface area contributed by atoms with Gasteiger partial charge in [-0.1, -0.05) is 19.1 Å². The van der Waals surface area contributed by atoms with Crippen molar-refractivity contribution in [2.45, 2.75) is 52.1 Å². The molecule has 1 saturated heterocycles. The van der Waals surface area contributed by atoms with Crippen LogP contribution in [0.2, 0.25) is 0 Å². The quantitative estimate of drug-likeness (QED) is 0.554. The fraction of sp³-hybridized carbons (Fsp3) is 0.846. The minimum atomic E-state index is 0.744. The number of allylic oxidation sites excluding steroid dienone is 1. The molecular formula is C13H26N2. The second kappa shape index (κ2) is 7.02. The lowest BCUT2D eigenvalue weighted by molar-refractivity contribution is 0.143. The topological polar surface area (TPSA) is 15.3 Å². The number of piperidine rings is 1. The Morgan fingerprint density at radius 2 is 2.27 bits per heavy atom.